The molecule has 2 fully saturated rings. The van der Waals surface area contributed by atoms with E-state index in [2.05, 4.69) is 54.4 Å². The lowest BCUT2D eigenvalue weighted by Crippen LogP contribution is -2.48. The number of hydrogen-bond acceptors (Lipinski definition) is 2. The number of benzene rings is 2. The number of carbonyl (C=O) groups is 1. The third kappa shape index (κ3) is 2.40. The lowest BCUT2D eigenvalue weighted by Gasteiger charge is -2.42. The Kier molecular flexibility index (Phi) is 3.73. The van der Waals surface area contributed by atoms with Gasteiger partial charge in [-0.05, 0) is 48.6 Å². The van der Waals surface area contributed by atoms with E-state index in [1.807, 2.05) is 6.92 Å². The van der Waals surface area contributed by atoms with Crippen molar-refractivity contribution in [3.05, 3.63) is 48.0 Å². The maximum atomic E-state index is 12.7. The van der Waals surface area contributed by atoms with Crippen LogP contribution in [0.5, 0.6) is 0 Å². The Morgan fingerprint density at radius 3 is 2.70 bits per heavy atom. The van der Waals surface area contributed by atoms with Crippen LogP contribution in [0.2, 0.25) is 0 Å². The van der Waals surface area contributed by atoms with Crippen LogP contribution in [0.3, 0.4) is 0 Å². The molecule has 0 radical (unpaired) electrons. The standard InChI is InChI=1S/C21H25NO/c1-3-20(23)21-18(13-17-10-11-19(21)22(17)2)16-9-8-14-6-4-5-7-15(14)12-16/h4-9,12,17-19,21H,3,10-11,13H2,1-2H3/t17?,18-,19-,21-/m0/s1. The van der Waals surface area contributed by atoms with Gasteiger partial charge in [-0.2, -0.15) is 0 Å². The second kappa shape index (κ2) is 5.76. The van der Waals surface area contributed by atoms with E-state index < -0.39 is 0 Å². The van der Waals surface area contributed by atoms with Crippen molar-refractivity contribution in [2.45, 2.75) is 50.6 Å². The van der Waals surface area contributed by atoms with E-state index in [4.69, 9.17) is 0 Å². The van der Waals surface area contributed by atoms with Gasteiger partial charge in [0.2, 0.25) is 0 Å². The van der Waals surface area contributed by atoms with E-state index in [1.165, 1.54) is 29.2 Å². The molecule has 120 valence electrons. The molecule has 0 N–H and O–H groups in total. The Bertz CT molecular complexity index is 737. The Balaban J connectivity index is 1.76. The predicted molar refractivity (Wildman–Crippen MR) is 94.7 cm³/mol. The maximum absolute atomic E-state index is 12.7. The normalized spacial score (nSPS) is 30.7. The smallest absolute Gasteiger partial charge is 0.137 e. The number of hydrogen-bond donors (Lipinski definition) is 0. The van der Waals surface area contributed by atoms with Crippen LogP contribution in [0, 0.1) is 5.92 Å². The van der Waals surface area contributed by atoms with Crippen LogP contribution in [-0.2, 0) is 4.79 Å². The zero-order valence-electron chi connectivity index (χ0n) is 14.0. The molecule has 2 aliphatic rings. The maximum Gasteiger partial charge on any atom is 0.137 e. The fourth-order valence-electron chi connectivity index (χ4n) is 4.92. The SMILES string of the molecule is CCC(=O)[C@H]1[C@H](c2ccc3ccccc3c2)CC2CC[C@@H]1N2C. The Morgan fingerprint density at radius 2 is 1.91 bits per heavy atom. The van der Waals surface area contributed by atoms with Crippen molar-refractivity contribution in [1.29, 1.82) is 0 Å². The summed E-state index contributed by atoms with van der Waals surface area (Å²) in [6, 6.07) is 16.4. The molecule has 0 spiro atoms. The summed E-state index contributed by atoms with van der Waals surface area (Å²) in [5.74, 6) is 1.01. The van der Waals surface area contributed by atoms with Crippen LogP contribution in [0.25, 0.3) is 10.8 Å². The van der Waals surface area contributed by atoms with Gasteiger partial charge in [0.15, 0.2) is 0 Å². The molecular formula is C21H25NO. The van der Waals surface area contributed by atoms with Gasteiger partial charge in [-0.3, -0.25) is 9.69 Å². The summed E-state index contributed by atoms with van der Waals surface area (Å²) in [6.07, 6.45) is 4.21. The summed E-state index contributed by atoms with van der Waals surface area (Å²) in [5, 5.41) is 2.57. The van der Waals surface area contributed by atoms with E-state index in [0.29, 0.717) is 30.2 Å². The molecule has 2 bridgehead atoms. The van der Waals surface area contributed by atoms with Crippen molar-refractivity contribution in [2.75, 3.05) is 7.05 Å². The van der Waals surface area contributed by atoms with E-state index in [-0.39, 0.29) is 5.92 Å². The lowest BCUT2D eigenvalue weighted by molar-refractivity contribution is -0.126. The first kappa shape index (κ1) is 14.9. The molecule has 2 heterocycles. The third-order valence-corrected chi connectivity index (χ3v) is 6.19. The molecule has 4 atom stereocenters. The second-order valence-corrected chi connectivity index (χ2v) is 7.26. The quantitative estimate of drug-likeness (QED) is 0.838. The first-order valence-corrected chi connectivity index (χ1v) is 8.92. The first-order chi connectivity index (χ1) is 11.2. The van der Waals surface area contributed by atoms with Crippen molar-refractivity contribution < 1.29 is 4.79 Å². The minimum Gasteiger partial charge on any atom is -0.300 e. The van der Waals surface area contributed by atoms with Gasteiger partial charge >= 0.3 is 0 Å². The summed E-state index contributed by atoms with van der Waals surface area (Å²) in [6.45, 7) is 2.01. The molecule has 2 saturated heterocycles. The fourth-order valence-corrected chi connectivity index (χ4v) is 4.92. The van der Waals surface area contributed by atoms with Crippen molar-refractivity contribution in [3.8, 4) is 0 Å². The zero-order chi connectivity index (χ0) is 16.0. The molecule has 2 aliphatic heterocycles. The average molecular weight is 307 g/mol. The highest BCUT2D eigenvalue weighted by Crippen LogP contribution is 2.47. The number of ketones is 1. The highest BCUT2D eigenvalue weighted by Gasteiger charge is 2.48. The topological polar surface area (TPSA) is 20.3 Å². The molecule has 2 nitrogen and oxygen atoms in total. The number of fused-ring (bicyclic) bond motifs is 3. The minimum atomic E-state index is 0.171. The largest absolute Gasteiger partial charge is 0.300 e. The van der Waals surface area contributed by atoms with Gasteiger partial charge in [-0.1, -0.05) is 49.4 Å². The van der Waals surface area contributed by atoms with Gasteiger partial charge in [0.1, 0.15) is 5.78 Å². The molecule has 1 unspecified atom stereocenters. The number of carbonyl (C=O) groups excluding carboxylic acids is 1. The van der Waals surface area contributed by atoms with Gasteiger partial charge in [0.25, 0.3) is 0 Å². The molecule has 0 aliphatic carbocycles. The van der Waals surface area contributed by atoms with Gasteiger partial charge in [0.05, 0.1) is 0 Å². The fraction of sp³-hybridized carbons (Fsp3) is 0.476. The molecule has 2 aromatic rings. The van der Waals surface area contributed by atoms with E-state index >= 15 is 0 Å². The highest BCUT2D eigenvalue weighted by molar-refractivity contribution is 5.85. The monoisotopic (exact) mass is 307 g/mol. The number of piperidine rings is 1. The van der Waals surface area contributed by atoms with E-state index in [0.717, 1.165) is 6.42 Å². The molecule has 0 saturated carbocycles. The minimum absolute atomic E-state index is 0.171. The van der Waals surface area contributed by atoms with Crippen molar-refractivity contribution >= 4 is 16.6 Å². The molecule has 2 aromatic carbocycles. The number of Topliss-reactive ketones (excluding diaryl/α,β-unsaturated/α-hetero) is 1. The van der Waals surface area contributed by atoms with Crippen molar-refractivity contribution in [1.82, 2.24) is 4.90 Å². The summed E-state index contributed by atoms with van der Waals surface area (Å²) in [4.78, 5) is 15.2. The van der Waals surface area contributed by atoms with Crippen LogP contribution in [0.1, 0.15) is 44.1 Å². The van der Waals surface area contributed by atoms with E-state index in [9.17, 15) is 4.79 Å². The van der Waals surface area contributed by atoms with Crippen molar-refractivity contribution in [3.63, 3.8) is 0 Å². The third-order valence-electron chi connectivity index (χ3n) is 6.19. The number of rotatable bonds is 3. The molecule has 4 rings (SSSR count). The molecular weight excluding hydrogens is 282 g/mol. The van der Waals surface area contributed by atoms with Crippen LogP contribution < -0.4 is 0 Å². The zero-order valence-corrected chi connectivity index (χ0v) is 14.0. The lowest BCUT2D eigenvalue weighted by atomic mass is 9.73. The molecule has 23 heavy (non-hydrogen) atoms. The van der Waals surface area contributed by atoms with E-state index in [1.54, 1.807) is 0 Å². The summed E-state index contributed by atoms with van der Waals surface area (Å²) < 4.78 is 0. The van der Waals surface area contributed by atoms with Gasteiger partial charge < -0.3 is 0 Å². The molecule has 0 amide bonds. The Labute approximate surface area is 138 Å². The van der Waals surface area contributed by atoms with Gasteiger partial charge in [0, 0.05) is 24.4 Å². The van der Waals surface area contributed by atoms with Crippen LogP contribution in [-0.4, -0.2) is 29.8 Å². The molecule has 2 heteroatoms. The van der Waals surface area contributed by atoms with Gasteiger partial charge in [-0.15, -0.1) is 0 Å². The van der Waals surface area contributed by atoms with Crippen LogP contribution in [0.15, 0.2) is 42.5 Å². The first-order valence-electron chi connectivity index (χ1n) is 8.92. The Morgan fingerprint density at radius 1 is 1.13 bits per heavy atom. The van der Waals surface area contributed by atoms with Gasteiger partial charge in [-0.25, -0.2) is 0 Å². The summed E-state index contributed by atoms with van der Waals surface area (Å²) >= 11 is 0. The van der Waals surface area contributed by atoms with Crippen LogP contribution >= 0.6 is 0 Å². The number of nitrogens with zero attached hydrogens (tertiary/aromatic N) is 1. The predicted octanol–water partition coefficient (Wildman–Crippen LogP) is 4.39. The highest BCUT2D eigenvalue weighted by atomic mass is 16.1. The summed E-state index contributed by atoms with van der Waals surface area (Å²) in [7, 11) is 2.22. The summed E-state index contributed by atoms with van der Waals surface area (Å²) in [5.41, 5.74) is 1.36. The van der Waals surface area contributed by atoms with Crippen LogP contribution in [0.4, 0.5) is 0 Å². The Hall–Kier alpha value is -1.67. The van der Waals surface area contributed by atoms with Crippen molar-refractivity contribution in [2.24, 2.45) is 5.92 Å². The average Bonchev–Trinajstić information content (AvgIpc) is 2.83. The molecule has 0 aromatic heterocycles. The second-order valence-electron chi connectivity index (χ2n) is 7.26.